The number of carbonyl (C=O) groups is 1. The molecule has 1 aromatic carbocycles. The van der Waals surface area contributed by atoms with Gasteiger partial charge in [-0.05, 0) is 45.8 Å². The lowest BCUT2D eigenvalue weighted by atomic mass is 10.0. The summed E-state index contributed by atoms with van der Waals surface area (Å²) in [5.74, 6) is 1.49. The third-order valence-corrected chi connectivity index (χ3v) is 4.64. The quantitative estimate of drug-likeness (QED) is 0.451. The van der Waals surface area contributed by atoms with E-state index in [4.69, 9.17) is 4.74 Å². The molecule has 2 rings (SSSR count). The lowest BCUT2D eigenvalue weighted by molar-refractivity contribution is -0.119. The van der Waals surface area contributed by atoms with E-state index in [0.29, 0.717) is 19.0 Å². The number of ether oxygens (including phenoxy) is 1. The summed E-state index contributed by atoms with van der Waals surface area (Å²) >= 11 is 0. The molecule has 0 bridgehead atoms. The molecule has 0 spiro atoms. The molecule has 0 radical (unpaired) electrons. The van der Waals surface area contributed by atoms with E-state index in [0.717, 1.165) is 25.4 Å². The normalized spacial score (nSPS) is 16.0. The molecule has 1 amide bonds. The molecule has 150 valence electrons. The van der Waals surface area contributed by atoms with Gasteiger partial charge in [0, 0.05) is 25.2 Å². The van der Waals surface area contributed by atoms with Gasteiger partial charge in [-0.25, -0.2) is 4.99 Å². The van der Waals surface area contributed by atoms with Crippen LogP contribution in [-0.4, -0.2) is 63.1 Å². The molecular weight excluding hydrogens is 342 g/mol. The van der Waals surface area contributed by atoms with E-state index in [-0.39, 0.29) is 18.5 Å². The first-order valence-corrected chi connectivity index (χ1v) is 9.85. The maximum Gasteiger partial charge on any atom is 0.241 e. The van der Waals surface area contributed by atoms with Crippen molar-refractivity contribution in [3.05, 3.63) is 29.8 Å². The number of likely N-dealkylation sites (N-methyl/N-ethyl adjacent to an activating group) is 1. The summed E-state index contributed by atoms with van der Waals surface area (Å²) in [4.78, 5) is 18.6. The molecule has 1 atom stereocenters. The fraction of sp³-hybridized carbons (Fsp3) is 0.600. The smallest absolute Gasteiger partial charge is 0.241 e. The van der Waals surface area contributed by atoms with Gasteiger partial charge in [0.1, 0.15) is 12.3 Å². The number of amides is 1. The Kier molecular flexibility index (Phi) is 8.91. The van der Waals surface area contributed by atoms with E-state index >= 15 is 0 Å². The predicted octanol–water partition coefficient (Wildman–Crippen LogP) is 1.52. The van der Waals surface area contributed by atoms with Gasteiger partial charge in [-0.1, -0.05) is 18.2 Å². The zero-order valence-electron chi connectivity index (χ0n) is 16.8. The highest BCUT2D eigenvalue weighted by atomic mass is 16.5. The van der Waals surface area contributed by atoms with Gasteiger partial charge in [0.15, 0.2) is 5.96 Å². The molecule has 27 heavy (non-hydrogen) atoms. The molecular formula is C20H33N5O2. The van der Waals surface area contributed by atoms with Crippen molar-refractivity contribution < 1.29 is 9.53 Å². The number of hydrogen-bond acceptors (Lipinski definition) is 4. The average Bonchev–Trinajstić information content (AvgIpc) is 3.21. The van der Waals surface area contributed by atoms with Crippen LogP contribution in [0, 0.1) is 0 Å². The summed E-state index contributed by atoms with van der Waals surface area (Å²) in [5.41, 5.74) is 1.17. The Balaban J connectivity index is 2.11. The van der Waals surface area contributed by atoms with Crippen molar-refractivity contribution in [2.75, 3.05) is 46.4 Å². The lowest BCUT2D eigenvalue weighted by Crippen LogP contribution is -2.43. The van der Waals surface area contributed by atoms with Gasteiger partial charge in [-0.3, -0.25) is 9.69 Å². The topological polar surface area (TPSA) is 78.0 Å². The Bertz CT molecular complexity index is 614. The van der Waals surface area contributed by atoms with Crippen LogP contribution < -0.4 is 20.7 Å². The standard InChI is InChI=1S/C20H33N5O2/c1-4-21-19(26)15-24-20(22-5-2)23-14-17(25-12-8-9-13-25)16-10-6-7-11-18(16)27-3/h6-7,10-11,17H,4-5,8-9,12-15H2,1-3H3,(H,21,26)(H2,22,23,24). The van der Waals surface area contributed by atoms with Gasteiger partial charge in [-0.2, -0.15) is 0 Å². The highest BCUT2D eigenvalue weighted by Gasteiger charge is 2.26. The van der Waals surface area contributed by atoms with Crippen LogP contribution in [-0.2, 0) is 4.79 Å². The van der Waals surface area contributed by atoms with E-state index < -0.39 is 0 Å². The van der Waals surface area contributed by atoms with Gasteiger partial charge in [0.05, 0.1) is 13.2 Å². The first-order chi connectivity index (χ1) is 13.2. The number of nitrogens with zero attached hydrogens (tertiary/aromatic N) is 2. The Labute approximate surface area is 162 Å². The van der Waals surface area contributed by atoms with Gasteiger partial charge >= 0.3 is 0 Å². The largest absolute Gasteiger partial charge is 0.496 e. The van der Waals surface area contributed by atoms with E-state index in [9.17, 15) is 4.79 Å². The Morgan fingerprint density at radius 2 is 1.85 bits per heavy atom. The Morgan fingerprint density at radius 1 is 1.15 bits per heavy atom. The summed E-state index contributed by atoms with van der Waals surface area (Å²) in [6.07, 6.45) is 2.44. The fourth-order valence-electron chi connectivity index (χ4n) is 3.37. The summed E-state index contributed by atoms with van der Waals surface area (Å²) in [5, 5.41) is 9.39. The van der Waals surface area contributed by atoms with Crippen LogP contribution in [0.25, 0.3) is 0 Å². The summed E-state index contributed by atoms with van der Waals surface area (Å²) < 4.78 is 5.59. The summed E-state index contributed by atoms with van der Waals surface area (Å²) in [7, 11) is 1.71. The number of likely N-dealkylation sites (tertiary alicyclic amines) is 1. The molecule has 0 saturated carbocycles. The second-order valence-corrected chi connectivity index (χ2v) is 6.53. The second kappa shape index (κ2) is 11.4. The predicted molar refractivity (Wildman–Crippen MR) is 109 cm³/mol. The molecule has 1 heterocycles. The van der Waals surface area contributed by atoms with Crippen molar-refractivity contribution >= 4 is 11.9 Å². The van der Waals surface area contributed by atoms with E-state index in [1.165, 1.54) is 18.4 Å². The third-order valence-electron chi connectivity index (χ3n) is 4.64. The minimum absolute atomic E-state index is 0.0736. The maximum absolute atomic E-state index is 11.7. The number of methoxy groups -OCH3 is 1. The van der Waals surface area contributed by atoms with Crippen LogP contribution in [0.5, 0.6) is 5.75 Å². The SMILES string of the molecule is CCNC(=O)CN=C(NCC)NCC(c1ccccc1OC)N1CCCC1. The molecule has 1 saturated heterocycles. The third kappa shape index (κ3) is 6.43. The molecule has 1 aromatic rings. The second-order valence-electron chi connectivity index (χ2n) is 6.53. The van der Waals surface area contributed by atoms with Crippen LogP contribution in [0.4, 0.5) is 0 Å². The number of nitrogens with one attached hydrogen (secondary N) is 3. The highest BCUT2D eigenvalue weighted by Crippen LogP contribution is 2.31. The number of carbonyl (C=O) groups excluding carboxylic acids is 1. The van der Waals surface area contributed by atoms with E-state index in [1.54, 1.807) is 7.11 Å². The van der Waals surface area contributed by atoms with Crippen LogP contribution in [0.1, 0.15) is 38.3 Å². The van der Waals surface area contributed by atoms with Crippen LogP contribution >= 0.6 is 0 Å². The number of benzene rings is 1. The van der Waals surface area contributed by atoms with Gasteiger partial charge in [0.2, 0.25) is 5.91 Å². The van der Waals surface area contributed by atoms with Gasteiger partial charge in [0.25, 0.3) is 0 Å². The number of aliphatic imine (C=N–C) groups is 1. The minimum atomic E-state index is -0.0736. The molecule has 3 N–H and O–H groups in total. The zero-order valence-corrected chi connectivity index (χ0v) is 16.8. The van der Waals surface area contributed by atoms with Crippen molar-refractivity contribution in [3.63, 3.8) is 0 Å². The fourth-order valence-corrected chi connectivity index (χ4v) is 3.37. The summed E-state index contributed by atoms with van der Waals surface area (Å²) in [6, 6.07) is 8.37. The Hall–Kier alpha value is -2.28. The number of guanidine groups is 1. The number of hydrogen-bond donors (Lipinski definition) is 3. The summed E-state index contributed by atoms with van der Waals surface area (Å²) in [6.45, 7) is 8.25. The molecule has 1 fully saturated rings. The van der Waals surface area contributed by atoms with Crippen LogP contribution in [0.3, 0.4) is 0 Å². The molecule has 1 aliphatic rings. The highest BCUT2D eigenvalue weighted by molar-refractivity contribution is 5.84. The van der Waals surface area contributed by atoms with E-state index in [2.05, 4.69) is 38.0 Å². The Morgan fingerprint density at radius 3 is 2.52 bits per heavy atom. The zero-order chi connectivity index (χ0) is 19.5. The van der Waals surface area contributed by atoms with Crippen molar-refractivity contribution in [1.82, 2.24) is 20.9 Å². The number of para-hydroxylation sites is 1. The van der Waals surface area contributed by atoms with Crippen molar-refractivity contribution in [3.8, 4) is 5.75 Å². The molecule has 7 nitrogen and oxygen atoms in total. The maximum atomic E-state index is 11.7. The first-order valence-electron chi connectivity index (χ1n) is 9.85. The molecule has 0 aliphatic carbocycles. The van der Waals surface area contributed by atoms with Gasteiger partial charge in [-0.15, -0.1) is 0 Å². The van der Waals surface area contributed by atoms with Crippen LogP contribution in [0.2, 0.25) is 0 Å². The molecule has 1 aliphatic heterocycles. The van der Waals surface area contributed by atoms with Gasteiger partial charge < -0.3 is 20.7 Å². The molecule has 0 aromatic heterocycles. The molecule has 1 unspecified atom stereocenters. The van der Waals surface area contributed by atoms with Crippen molar-refractivity contribution in [1.29, 1.82) is 0 Å². The lowest BCUT2D eigenvalue weighted by Gasteiger charge is -2.30. The van der Waals surface area contributed by atoms with Crippen LogP contribution in [0.15, 0.2) is 29.3 Å². The van der Waals surface area contributed by atoms with Crippen molar-refractivity contribution in [2.45, 2.75) is 32.7 Å². The minimum Gasteiger partial charge on any atom is -0.496 e. The average molecular weight is 376 g/mol. The van der Waals surface area contributed by atoms with E-state index in [1.807, 2.05) is 26.0 Å². The first kappa shape index (κ1) is 21.0. The monoisotopic (exact) mass is 375 g/mol. The number of rotatable bonds is 9. The molecule has 7 heteroatoms. The van der Waals surface area contributed by atoms with Crippen molar-refractivity contribution in [2.24, 2.45) is 4.99 Å².